The molecule has 0 saturated carbocycles. The first-order chi connectivity index (χ1) is 7.88. The summed E-state index contributed by atoms with van der Waals surface area (Å²) in [7, 11) is 0. The Morgan fingerprint density at radius 1 is 1.24 bits per heavy atom. The van der Waals surface area contributed by atoms with Gasteiger partial charge in [0, 0.05) is 29.1 Å². The molecule has 17 heavy (non-hydrogen) atoms. The number of nitrogens with one attached hydrogen (secondary N) is 2. The zero-order valence-electron chi connectivity index (χ0n) is 11.2. The molecule has 96 valence electrons. The SMILES string of the molecule is CC(NCCNC(C)(C)C)c1cccc(Br)c1. The highest BCUT2D eigenvalue weighted by Crippen LogP contribution is 2.17. The Kier molecular flexibility index (Phi) is 5.63. The predicted octanol–water partition coefficient (Wildman–Crippen LogP) is 3.49. The molecule has 0 amide bonds. The average molecular weight is 299 g/mol. The van der Waals surface area contributed by atoms with Crippen LogP contribution < -0.4 is 10.6 Å². The van der Waals surface area contributed by atoms with E-state index in [2.05, 4.69) is 78.5 Å². The number of halogens is 1. The van der Waals surface area contributed by atoms with E-state index in [1.807, 2.05) is 0 Å². The highest BCUT2D eigenvalue weighted by Gasteiger charge is 2.08. The maximum Gasteiger partial charge on any atom is 0.0292 e. The van der Waals surface area contributed by atoms with Crippen molar-refractivity contribution in [3.63, 3.8) is 0 Å². The van der Waals surface area contributed by atoms with E-state index in [4.69, 9.17) is 0 Å². The summed E-state index contributed by atoms with van der Waals surface area (Å²) in [6.07, 6.45) is 0. The molecule has 1 aromatic rings. The van der Waals surface area contributed by atoms with E-state index in [1.165, 1.54) is 5.56 Å². The lowest BCUT2D eigenvalue weighted by atomic mass is 10.1. The molecule has 0 saturated heterocycles. The zero-order chi connectivity index (χ0) is 12.9. The predicted molar refractivity (Wildman–Crippen MR) is 78.3 cm³/mol. The minimum absolute atomic E-state index is 0.195. The van der Waals surface area contributed by atoms with E-state index in [9.17, 15) is 0 Å². The molecule has 0 aromatic heterocycles. The van der Waals surface area contributed by atoms with Gasteiger partial charge in [0.1, 0.15) is 0 Å². The van der Waals surface area contributed by atoms with Gasteiger partial charge in [0.05, 0.1) is 0 Å². The molecule has 1 aromatic carbocycles. The molecule has 0 heterocycles. The van der Waals surface area contributed by atoms with E-state index >= 15 is 0 Å². The Bertz CT molecular complexity index is 344. The van der Waals surface area contributed by atoms with Crippen molar-refractivity contribution in [3.8, 4) is 0 Å². The lowest BCUT2D eigenvalue weighted by molar-refractivity contribution is 0.414. The molecule has 2 N–H and O–H groups in total. The standard InChI is InChI=1S/C14H23BrN2/c1-11(12-6-5-7-13(15)10-12)16-8-9-17-14(2,3)4/h5-7,10-11,16-17H,8-9H2,1-4H3. The van der Waals surface area contributed by atoms with Crippen molar-refractivity contribution in [2.45, 2.75) is 39.3 Å². The highest BCUT2D eigenvalue weighted by atomic mass is 79.9. The van der Waals surface area contributed by atoms with Crippen molar-refractivity contribution in [2.24, 2.45) is 0 Å². The van der Waals surface area contributed by atoms with E-state index in [-0.39, 0.29) is 5.54 Å². The van der Waals surface area contributed by atoms with Crippen molar-refractivity contribution in [3.05, 3.63) is 34.3 Å². The maximum absolute atomic E-state index is 3.52. The van der Waals surface area contributed by atoms with Crippen LogP contribution >= 0.6 is 15.9 Å². The van der Waals surface area contributed by atoms with Gasteiger partial charge in [0.15, 0.2) is 0 Å². The summed E-state index contributed by atoms with van der Waals surface area (Å²) >= 11 is 3.50. The van der Waals surface area contributed by atoms with Gasteiger partial charge in [-0.2, -0.15) is 0 Å². The van der Waals surface area contributed by atoms with Gasteiger partial charge in [-0.1, -0.05) is 28.1 Å². The normalized spacial score (nSPS) is 13.7. The lowest BCUT2D eigenvalue weighted by Gasteiger charge is -2.22. The summed E-state index contributed by atoms with van der Waals surface area (Å²) in [5.74, 6) is 0. The van der Waals surface area contributed by atoms with Gasteiger partial charge in [-0.05, 0) is 45.4 Å². The van der Waals surface area contributed by atoms with Gasteiger partial charge in [0.2, 0.25) is 0 Å². The number of hydrogen-bond acceptors (Lipinski definition) is 2. The van der Waals surface area contributed by atoms with Crippen molar-refractivity contribution < 1.29 is 0 Å². The smallest absolute Gasteiger partial charge is 0.0292 e. The fraction of sp³-hybridized carbons (Fsp3) is 0.571. The van der Waals surface area contributed by atoms with Gasteiger partial charge in [-0.25, -0.2) is 0 Å². The van der Waals surface area contributed by atoms with Gasteiger partial charge < -0.3 is 10.6 Å². The van der Waals surface area contributed by atoms with E-state index in [0.717, 1.165) is 17.6 Å². The zero-order valence-corrected chi connectivity index (χ0v) is 12.8. The Labute approximate surface area is 113 Å². The molecular weight excluding hydrogens is 276 g/mol. The molecule has 1 unspecified atom stereocenters. The van der Waals surface area contributed by atoms with Crippen molar-refractivity contribution in [1.29, 1.82) is 0 Å². The summed E-state index contributed by atoms with van der Waals surface area (Å²) in [4.78, 5) is 0. The van der Waals surface area contributed by atoms with Crippen LogP contribution in [0.2, 0.25) is 0 Å². The second kappa shape index (κ2) is 6.53. The molecule has 0 radical (unpaired) electrons. The Morgan fingerprint density at radius 3 is 2.53 bits per heavy atom. The molecular formula is C14H23BrN2. The van der Waals surface area contributed by atoms with Crippen LogP contribution in [0.1, 0.15) is 39.3 Å². The molecule has 0 aliphatic carbocycles. The average Bonchev–Trinajstić information content (AvgIpc) is 2.23. The molecule has 1 atom stereocenters. The Hall–Kier alpha value is -0.380. The van der Waals surface area contributed by atoms with Crippen LogP contribution in [0.5, 0.6) is 0 Å². The van der Waals surface area contributed by atoms with Crippen LogP contribution in [-0.2, 0) is 0 Å². The molecule has 0 aliphatic heterocycles. The topological polar surface area (TPSA) is 24.1 Å². The molecule has 0 bridgehead atoms. The molecule has 2 nitrogen and oxygen atoms in total. The minimum atomic E-state index is 0.195. The second-order valence-electron chi connectivity index (χ2n) is 5.41. The Morgan fingerprint density at radius 2 is 1.94 bits per heavy atom. The lowest BCUT2D eigenvalue weighted by Crippen LogP contribution is -2.40. The van der Waals surface area contributed by atoms with Crippen LogP contribution in [0.3, 0.4) is 0 Å². The highest BCUT2D eigenvalue weighted by molar-refractivity contribution is 9.10. The molecule has 1 rings (SSSR count). The monoisotopic (exact) mass is 298 g/mol. The van der Waals surface area contributed by atoms with Crippen LogP contribution in [0.25, 0.3) is 0 Å². The molecule has 0 fully saturated rings. The first kappa shape index (κ1) is 14.7. The first-order valence-electron chi connectivity index (χ1n) is 6.12. The van der Waals surface area contributed by atoms with E-state index < -0.39 is 0 Å². The van der Waals surface area contributed by atoms with Gasteiger partial charge in [-0.3, -0.25) is 0 Å². The number of benzene rings is 1. The summed E-state index contributed by atoms with van der Waals surface area (Å²) in [6.45, 7) is 10.7. The Balaban J connectivity index is 2.33. The molecule has 0 spiro atoms. The molecule has 3 heteroatoms. The van der Waals surface area contributed by atoms with Crippen LogP contribution in [0, 0.1) is 0 Å². The third kappa shape index (κ3) is 6.20. The number of rotatable bonds is 5. The summed E-state index contributed by atoms with van der Waals surface area (Å²) < 4.78 is 1.14. The fourth-order valence-electron chi connectivity index (χ4n) is 1.62. The van der Waals surface area contributed by atoms with Crippen molar-refractivity contribution in [1.82, 2.24) is 10.6 Å². The van der Waals surface area contributed by atoms with Gasteiger partial charge >= 0.3 is 0 Å². The van der Waals surface area contributed by atoms with Crippen LogP contribution in [0.15, 0.2) is 28.7 Å². The minimum Gasteiger partial charge on any atom is -0.311 e. The van der Waals surface area contributed by atoms with Crippen molar-refractivity contribution >= 4 is 15.9 Å². The maximum atomic E-state index is 3.52. The second-order valence-corrected chi connectivity index (χ2v) is 6.32. The number of hydrogen-bond donors (Lipinski definition) is 2. The summed E-state index contributed by atoms with van der Waals surface area (Å²) in [5, 5.41) is 6.98. The quantitative estimate of drug-likeness (QED) is 0.813. The van der Waals surface area contributed by atoms with Crippen LogP contribution in [0.4, 0.5) is 0 Å². The van der Waals surface area contributed by atoms with Crippen LogP contribution in [-0.4, -0.2) is 18.6 Å². The fourth-order valence-corrected chi connectivity index (χ4v) is 2.04. The van der Waals surface area contributed by atoms with E-state index in [0.29, 0.717) is 6.04 Å². The summed E-state index contributed by atoms with van der Waals surface area (Å²) in [6, 6.07) is 8.82. The summed E-state index contributed by atoms with van der Waals surface area (Å²) in [5.41, 5.74) is 1.51. The van der Waals surface area contributed by atoms with Gasteiger partial charge in [0.25, 0.3) is 0 Å². The van der Waals surface area contributed by atoms with E-state index in [1.54, 1.807) is 0 Å². The van der Waals surface area contributed by atoms with Crippen molar-refractivity contribution in [2.75, 3.05) is 13.1 Å². The third-order valence-electron chi connectivity index (χ3n) is 2.58. The van der Waals surface area contributed by atoms with Gasteiger partial charge in [-0.15, -0.1) is 0 Å². The molecule has 0 aliphatic rings. The third-order valence-corrected chi connectivity index (χ3v) is 3.07. The largest absolute Gasteiger partial charge is 0.311 e. The first-order valence-corrected chi connectivity index (χ1v) is 6.92.